The summed E-state index contributed by atoms with van der Waals surface area (Å²) in [6.45, 7) is 6.56. The number of hydrogen-bond donors (Lipinski definition) is 1. The molecule has 0 aromatic heterocycles. The Hall–Kier alpha value is -1.72. The predicted octanol–water partition coefficient (Wildman–Crippen LogP) is 3.46. The predicted molar refractivity (Wildman–Crippen MR) is 117 cm³/mol. The van der Waals surface area contributed by atoms with Crippen LogP contribution >= 0.6 is 0 Å². The first kappa shape index (κ1) is 19.3. The minimum atomic E-state index is 0.229. The van der Waals surface area contributed by atoms with Crippen molar-refractivity contribution in [3.63, 3.8) is 0 Å². The monoisotopic (exact) mass is 391 g/mol. The van der Waals surface area contributed by atoms with E-state index in [1.165, 1.54) is 50.0 Å². The zero-order chi connectivity index (χ0) is 19.5. The van der Waals surface area contributed by atoms with Crippen LogP contribution in [0.15, 0.2) is 60.7 Å². The molecule has 29 heavy (non-hydrogen) atoms. The minimum absolute atomic E-state index is 0.229. The summed E-state index contributed by atoms with van der Waals surface area (Å²) < 4.78 is 6.21. The molecule has 0 saturated carbocycles. The molecule has 0 spiro atoms. The smallest absolute Gasteiger partial charge is 0.0952 e. The Balaban J connectivity index is 1.08. The number of rotatable bonds is 5. The third-order valence-corrected chi connectivity index (χ3v) is 6.90. The van der Waals surface area contributed by atoms with E-state index in [9.17, 15) is 0 Å². The molecule has 0 unspecified atom stereocenters. The third kappa shape index (κ3) is 4.72. The van der Waals surface area contributed by atoms with E-state index in [0.29, 0.717) is 18.1 Å². The lowest BCUT2D eigenvalue weighted by Gasteiger charge is -2.35. The van der Waals surface area contributed by atoms with Crippen molar-refractivity contribution >= 4 is 0 Å². The lowest BCUT2D eigenvalue weighted by Crippen LogP contribution is -2.47. The fourth-order valence-corrected chi connectivity index (χ4v) is 5.30. The van der Waals surface area contributed by atoms with Crippen LogP contribution in [0.5, 0.6) is 0 Å². The molecular weight excluding hydrogens is 358 g/mol. The largest absolute Gasteiger partial charge is 0.371 e. The topological polar surface area (TPSA) is 27.7 Å². The average molecular weight is 392 g/mol. The summed E-state index contributed by atoms with van der Waals surface area (Å²) in [5.41, 5.74) is 2.74. The van der Waals surface area contributed by atoms with Crippen molar-refractivity contribution in [2.24, 2.45) is 0 Å². The van der Waals surface area contributed by atoms with Gasteiger partial charge < -0.3 is 10.1 Å². The van der Waals surface area contributed by atoms with Gasteiger partial charge in [0.15, 0.2) is 0 Å². The molecular formula is C25H33N3O. The van der Waals surface area contributed by atoms with Crippen molar-refractivity contribution in [1.29, 1.82) is 0 Å². The van der Waals surface area contributed by atoms with E-state index in [0.717, 1.165) is 19.7 Å². The summed E-state index contributed by atoms with van der Waals surface area (Å²) >= 11 is 0. The van der Waals surface area contributed by atoms with E-state index < -0.39 is 0 Å². The highest BCUT2D eigenvalue weighted by molar-refractivity contribution is 5.19. The van der Waals surface area contributed by atoms with Gasteiger partial charge in [-0.2, -0.15) is 0 Å². The van der Waals surface area contributed by atoms with E-state index in [2.05, 4.69) is 75.8 Å². The Morgan fingerprint density at radius 1 is 0.862 bits per heavy atom. The van der Waals surface area contributed by atoms with Crippen LogP contribution in [-0.2, 0) is 11.3 Å². The van der Waals surface area contributed by atoms with Gasteiger partial charge in [-0.1, -0.05) is 60.7 Å². The number of fused-ring (bicyclic) bond motifs is 1. The van der Waals surface area contributed by atoms with Crippen molar-refractivity contribution in [2.75, 3.05) is 32.8 Å². The van der Waals surface area contributed by atoms with Gasteiger partial charge in [-0.3, -0.25) is 9.80 Å². The van der Waals surface area contributed by atoms with Crippen LogP contribution < -0.4 is 5.32 Å². The molecule has 2 aromatic rings. The standard InChI is InChI=1S/C25H33N3O/c1-3-7-20(8-4-1)16-27-13-11-22(12-14-27)26-23-15-24-19-29-25(18-28(24)17-23)21-9-5-2-6-10-21/h1-10,22-26H,11-19H2/t23-,24-,25+/m0/s1. The van der Waals surface area contributed by atoms with Crippen molar-refractivity contribution in [2.45, 2.75) is 50.0 Å². The van der Waals surface area contributed by atoms with Gasteiger partial charge in [-0.25, -0.2) is 0 Å². The van der Waals surface area contributed by atoms with E-state index in [4.69, 9.17) is 4.74 Å². The fraction of sp³-hybridized carbons (Fsp3) is 0.520. The number of morpholine rings is 1. The Bertz CT molecular complexity index is 760. The molecule has 5 rings (SSSR count). The maximum atomic E-state index is 6.21. The lowest BCUT2D eigenvalue weighted by molar-refractivity contribution is -0.0502. The lowest BCUT2D eigenvalue weighted by atomic mass is 10.0. The number of likely N-dealkylation sites (tertiary alicyclic amines) is 1. The maximum Gasteiger partial charge on any atom is 0.0952 e. The second-order valence-electron chi connectivity index (χ2n) is 8.98. The third-order valence-electron chi connectivity index (χ3n) is 6.90. The van der Waals surface area contributed by atoms with Crippen molar-refractivity contribution in [1.82, 2.24) is 15.1 Å². The SMILES string of the molecule is c1ccc(CN2CCC(N[C@H]3C[C@H]4CO[C@@H](c5ccccc5)CN4C3)CC2)cc1. The second kappa shape index (κ2) is 8.97. The molecule has 0 aliphatic carbocycles. The fourth-order valence-electron chi connectivity index (χ4n) is 5.30. The first-order valence-corrected chi connectivity index (χ1v) is 11.3. The van der Waals surface area contributed by atoms with Crippen LogP contribution in [0.3, 0.4) is 0 Å². The number of nitrogens with zero attached hydrogens (tertiary/aromatic N) is 2. The van der Waals surface area contributed by atoms with Crippen molar-refractivity contribution in [3.8, 4) is 0 Å². The number of benzene rings is 2. The highest BCUT2D eigenvalue weighted by Crippen LogP contribution is 2.30. The van der Waals surface area contributed by atoms with Crippen LogP contribution in [0.4, 0.5) is 0 Å². The summed E-state index contributed by atoms with van der Waals surface area (Å²) in [7, 11) is 0. The Kier molecular flexibility index (Phi) is 5.95. The number of hydrogen-bond acceptors (Lipinski definition) is 4. The number of ether oxygens (including phenoxy) is 1. The molecule has 2 aromatic carbocycles. The molecule has 4 heteroatoms. The van der Waals surface area contributed by atoms with Gasteiger partial charge in [-0.15, -0.1) is 0 Å². The Morgan fingerprint density at radius 3 is 2.34 bits per heavy atom. The van der Waals surface area contributed by atoms with E-state index >= 15 is 0 Å². The molecule has 0 amide bonds. The Labute approximate surface area is 174 Å². The highest BCUT2D eigenvalue weighted by atomic mass is 16.5. The summed E-state index contributed by atoms with van der Waals surface area (Å²) in [4.78, 5) is 5.26. The molecule has 3 fully saturated rings. The summed E-state index contributed by atoms with van der Waals surface area (Å²) in [5.74, 6) is 0. The number of piperidine rings is 1. The molecule has 3 aliphatic rings. The van der Waals surface area contributed by atoms with Gasteiger partial charge in [0.2, 0.25) is 0 Å². The molecule has 154 valence electrons. The van der Waals surface area contributed by atoms with E-state index in [1.807, 2.05) is 0 Å². The molecule has 3 atom stereocenters. The Morgan fingerprint density at radius 2 is 1.59 bits per heavy atom. The summed E-state index contributed by atoms with van der Waals surface area (Å²) in [6, 6.07) is 23.4. The normalized spacial score (nSPS) is 29.0. The molecule has 3 heterocycles. The molecule has 3 saturated heterocycles. The van der Waals surface area contributed by atoms with Gasteiger partial charge in [0.25, 0.3) is 0 Å². The summed E-state index contributed by atoms with van der Waals surface area (Å²) in [6.07, 6.45) is 3.98. The molecule has 0 radical (unpaired) electrons. The van der Waals surface area contributed by atoms with E-state index in [1.54, 1.807) is 0 Å². The van der Waals surface area contributed by atoms with Crippen LogP contribution in [-0.4, -0.2) is 60.7 Å². The van der Waals surface area contributed by atoms with Crippen molar-refractivity contribution in [3.05, 3.63) is 71.8 Å². The second-order valence-corrected chi connectivity index (χ2v) is 8.98. The average Bonchev–Trinajstić information content (AvgIpc) is 3.18. The van der Waals surface area contributed by atoms with Crippen molar-refractivity contribution < 1.29 is 4.74 Å². The van der Waals surface area contributed by atoms with Crippen LogP contribution in [0.1, 0.15) is 36.5 Å². The highest BCUT2D eigenvalue weighted by Gasteiger charge is 2.38. The van der Waals surface area contributed by atoms with Crippen LogP contribution in [0, 0.1) is 0 Å². The number of nitrogens with one attached hydrogen (secondary N) is 1. The van der Waals surface area contributed by atoms with Gasteiger partial charge in [-0.05, 0) is 43.5 Å². The minimum Gasteiger partial charge on any atom is -0.371 e. The van der Waals surface area contributed by atoms with Gasteiger partial charge in [0.1, 0.15) is 0 Å². The van der Waals surface area contributed by atoms with E-state index in [-0.39, 0.29) is 6.10 Å². The van der Waals surface area contributed by atoms with Gasteiger partial charge >= 0.3 is 0 Å². The van der Waals surface area contributed by atoms with Gasteiger partial charge in [0, 0.05) is 37.8 Å². The zero-order valence-corrected chi connectivity index (χ0v) is 17.2. The van der Waals surface area contributed by atoms with Crippen LogP contribution in [0.25, 0.3) is 0 Å². The summed E-state index contributed by atoms with van der Waals surface area (Å²) in [5, 5.41) is 3.99. The molecule has 4 nitrogen and oxygen atoms in total. The maximum absolute atomic E-state index is 6.21. The molecule has 3 aliphatic heterocycles. The quantitative estimate of drug-likeness (QED) is 0.845. The van der Waals surface area contributed by atoms with Gasteiger partial charge in [0.05, 0.1) is 12.7 Å². The molecule has 0 bridgehead atoms. The first-order chi connectivity index (χ1) is 14.3. The molecule has 1 N–H and O–H groups in total. The zero-order valence-electron chi connectivity index (χ0n) is 17.2. The van der Waals surface area contributed by atoms with Crippen LogP contribution in [0.2, 0.25) is 0 Å². The first-order valence-electron chi connectivity index (χ1n) is 11.3.